The minimum atomic E-state index is -0.0526. The second kappa shape index (κ2) is 6.33. The molecule has 0 saturated heterocycles. The van der Waals surface area contributed by atoms with E-state index >= 15 is 0 Å². The van der Waals surface area contributed by atoms with Crippen molar-refractivity contribution in [1.82, 2.24) is 10.6 Å². The standard InChI is InChI=1S/C18H23N3O2S/c1-19-12-6-7-14-13(8-12)15(17(23)20-9-10-2-3-10)18(24-14)21-16(22)11-4-5-11/h2,11-12,19H,3-9H2,1H3,(H,20,23)(H,21,22). The van der Waals surface area contributed by atoms with E-state index in [9.17, 15) is 9.59 Å². The summed E-state index contributed by atoms with van der Waals surface area (Å²) in [6.45, 7) is 0.620. The summed E-state index contributed by atoms with van der Waals surface area (Å²) in [6.07, 6.45) is 7.96. The molecule has 1 heterocycles. The van der Waals surface area contributed by atoms with Gasteiger partial charge in [0.15, 0.2) is 0 Å². The lowest BCUT2D eigenvalue weighted by molar-refractivity contribution is -0.117. The molecule has 1 aromatic heterocycles. The van der Waals surface area contributed by atoms with Gasteiger partial charge in [0.2, 0.25) is 5.91 Å². The number of thiophene rings is 1. The molecule has 0 radical (unpaired) electrons. The normalized spacial score (nSPS) is 21.7. The van der Waals surface area contributed by atoms with E-state index in [0.29, 0.717) is 18.2 Å². The maximum absolute atomic E-state index is 12.8. The van der Waals surface area contributed by atoms with E-state index < -0.39 is 0 Å². The van der Waals surface area contributed by atoms with E-state index in [1.807, 2.05) is 7.05 Å². The number of aryl methyl sites for hydroxylation is 1. The van der Waals surface area contributed by atoms with E-state index in [4.69, 9.17) is 0 Å². The Morgan fingerprint density at radius 1 is 1.29 bits per heavy atom. The maximum atomic E-state index is 12.8. The number of likely N-dealkylation sites (N-methyl/N-ethyl adjacent to an activating group) is 1. The minimum Gasteiger partial charge on any atom is -0.348 e. The second-order valence-corrected chi connectivity index (χ2v) is 8.05. The third kappa shape index (κ3) is 3.26. The quantitative estimate of drug-likeness (QED) is 0.693. The Balaban J connectivity index is 1.61. The summed E-state index contributed by atoms with van der Waals surface area (Å²) in [6, 6.07) is 0.400. The van der Waals surface area contributed by atoms with Gasteiger partial charge in [-0.3, -0.25) is 9.59 Å². The molecule has 128 valence electrons. The lowest BCUT2D eigenvalue weighted by Gasteiger charge is -2.22. The predicted molar refractivity (Wildman–Crippen MR) is 95.6 cm³/mol. The van der Waals surface area contributed by atoms with Gasteiger partial charge < -0.3 is 16.0 Å². The first-order valence-corrected chi connectivity index (χ1v) is 9.56. The highest BCUT2D eigenvalue weighted by Crippen LogP contribution is 2.39. The number of amides is 2. The van der Waals surface area contributed by atoms with Crippen molar-refractivity contribution in [3.63, 3.8) is 0 Å². The number of anilines is 1. The molecule has 3 aliphatic carbocycles. The highest BCUT2D eigenvalue weighted by atomic mass is 32.1. The first-order valence-electron chi connectivity index (χ1n) is 8.74. The minimum absolute atomic E-state index is 0.0526. The number of allylic oxidation sites excluding steroid dienone is 1. The molecule has 3 N–H and O–H groups in total. The first kappa shape index (κ1) is 15.8. The van der Waals surface area contributed by atoms with Crippen molar-refractivity contribution in [2.24, 2.45) is 5.92 Å². The zero-order valence-corrected chi connectivity index (χ0v) is 14.7. The summed E-state index contributed by atoms with van der Waals surface area (Å²) < 4.78 is 0. The van der Waals surface area contributed by atoms with E-state index in [0.717, 1.165) is 49.1 Å². The molecule has 1 unspecified atom stereocenters. The van der Waals surface area contributed by atoms with Crippen LogP contribution in [0.4, 0.5) is 5.00 Å². The van der Waals surface area contributed by atoms with Gasteiger partial charge in [-0.05, 0) is 51.1 Å². The molecule has 0 aliphatic heterocycles. The van der Waals surface area contributed by atoms with Crippen LogP contribution in [-0.4, -0.2) is 31.4 Å². The van der Waals surface area contributed by atoms with Gasteiger partial charge in [0, 0.05) is 23.4 Å². The summed E-state index contributed by atoms with van der Waals surface area (Å²) in [5, 5.41) is 10.1. The largest absolute Gasteiger partial charge is 0.348 e. The van der Waals surface area contributed by atoms with Crippen molar-refractivity contribution in [2.45, 2.75) is 44.6 Å². The smallest absolute Gasteiger partial charge is 0.254 e. The van der Waals surface area contributed by atoms with Crippen molar-refractivity contribution in [1.29, 1.82) is 0 Å². The highest BCUT2D eigenvalue weighted by Gasteiger charge is 2.33. The van der Waals surface area contributed by atoms with Crippen LogP contribution in [0.3, 0.4) is 0 Å². The molecular weight excluding hydrogens is 322 g/mol. The summed E-state index contributed by atoms with van der Waals surface area (Å²) >= 11 is 1.59. The maximum Gasteiger partial charge on any atom is 0.254 e. The predicted octanol–water partition coefficient (Wildman–Crippen LogP) is 2.23. The lowest BCUT2D eigenvalue weighted by atomic mass is 9.91. The van der Waals surface area contributed by atoms with Gasteiger partial charge in [0.25, 0.3) is 5.91 Å². The van der Waals surface area contributed by atoms with Crippen LogP contribution < -0.4 is 16.0 Å². The Kier molecular flexibility index (Phi) is 4.18. The van der Waals surface area contributed by atoms with Gasteiger partial charge in [0.1, 0.15) is 5.00 Å². The third-order valence-corrected chi connectivity index (χ3v) is 6.26. The summed E-state index contributed by atoms with van der Waals surface area (Å²) in [4.78, 5) is 26.2. The average Bonchev–Trinajstić information content (AvgIpc) is 3.48. The van der Waals surface area contributed by atoms with Crippen molar-refractivity contribution in [3.05, 3.63) is 27.7 Å². The molecule has 6 heteroatoms. The van der Waals surface area contributed by atoms with Crippen LogP contribution in [0.1, 0.15) is 46.5 Å². The van der Waals surface area contributed by atoms with Gasteiger partial charge in [0.05, 0.1) is 5.56 Å². The number of hydrogen-bond donors (Lipinski definition) is 3. The number of rotatable bonds is 6. The van der Waals surface area contributed by atoms with Gasteiger partial charge in [-0.15, -0.1) is 11.3 Å². The van der Waals surface area contributed by atoms with Gasteiger partial charge in [-0.1, -0.05) is 11.6 Å². The summed E-state index contributed by atoms with van der Waals surface area (Å²) in [5.74, 6) is 0.155. The fourth-order valence-corrected chi connectivity index (χ4v) is 4.46. The van der Waals surface area contributed by atoms with Gasteiger partial charge in [-0.25, -0.2) is 0 Å². The molecule has 1 saturated carbocycles. The highest BCUT2D eigenvalue weighted by molar-refractivity contribution is 7.17. The van der Waals surface area contributed by atoms with E-state index in [1.54, 1.807) is 11.3 Å². The van der Waals surface area contributed by atoms with Crippen molar-refractivity contribution in [2.75, 3.05) is 18.9 Å². The van der Waals surface area contributed by atoms with Crippen molar-refractivity contribution < 1.29 is 9.59 Å². The zero-order chi connectivity index (χ0) is 16.7. The van der Waals surface area contributed by atoms with E-state index in [2.05, 4.69) is 22.0 Å². The van der Waals surface area contributed by atoms with Crippen LogP contribution in [0.5, 0.6) is 0 Å². The molecule has 24 heavy (non-hydrogen) atoms. The van der Waals surface area contributed by atoms with Crippen LogP contribution in [0.25, 0.3) is 0 Å². The van der Waals surface area contributed by atoms with E-state index in [-0.39, 0.29) is 17.7 Å². The SMILES string of the molecule is CNC1CCc2sc(NC(=O)C3CC3)c(C(=O)NCC3=CC3)c2C1. The van der Waals surface area contributed by atoms with Gasteiger partial charge >= 0.3 is 0 Å². The average molecular weight is 345 g/mol. The molecular formula is C18H23N3O2S. The van der Waals surface area contributed by atoms with Crippen LogP contribution in [-0.2, 0) is 17.6 Å². The second-order valence-electron chi connectivity index (χ2n) is 6.95. The summed E-state index contributed by atoms with van der Waals surface area (Å²) in [7, 11) is 1.97. The molecule has 0 spiro atoms. The number of carbonyl (C=O) groups is 2. The Labute approximate surface area is 145 Å². The topological polar surface area (TPSA) is 70.2 Å². The van der Waals surface area contributed by atoms with Crippen LogP contribution in [0.2, 0.25) is 0 Å². The molecule has 5 nitrogen and oxygen atoms in total. The number of nitrogens with one attached hydrogen (secondary N) is 3. The molecule has 2 amide bonds. The lowest BCUT2D eigenvalue weighted by Crippen LogP contribution is -2.33. The zero-order valence-electron chi connectivity index (χ0n) is 13.9. The van der Waals surface area contributed by atoms with Crippen molar-refractivity contribution >= 4 is 28.2 Å². The van der Waals surface area contributed by atoms with Crippen molar-refractivity contribution in [3.8, 4) is 0 Å². The Bertz CT molecular complexity index is 718. The Hall–Kier alpha value is -1.66. The molecule has 3 aliphatic rings. The molecule has 1 aromatic rings. The number of hydrogen-bond acceptors (Lipinski definition) is 4. The first-order chi connectivity index (χ1) is 11.7. The molecule has 1 fully saturated rings. The van der Waals surface area contributed by atoms with Crippen LogP contribution in [0.15, 0.2) is 11.6 Å². The van der Waals surface area contributed by atoms with Crippen LogP contribution in [0, 0.1) is 5.92 Å². The molecule has 0 bridgehead atoms. The summed E-state index contributed by atoms with van der Waals surface area (Å²) in [5.41, 5.74) is 3.10. The van der Waals surface area contributed by atoms with E-state index in [1.165, 1.54) is 10.5 Å². The van der Waals surface area contributed by atoms with Gasteiger partial charge in [-0.2, -0.15) is 0 Å². The molecule has 0 aromatic carbocycles. The molecule has 1 atom stereocenters. The Morgan fingerprint density at radius 3 is 2.75 bits per heavy atom. The number of fused-ring (bicyclic) bond motifs is 1. The van der Waals surface area contributed by atoms with Crippen LogP contribution >= 0.6 is 11.3 Å². The number of carbonyl (C=O) groups excluding carboxylic acids is 2. The Morgan fingerprint density at radius 2 is 2.08 bits per heavy atom. The third-order valence-electron chi connectivity index (χ3n) is 5.05. The molecule has 4 rings (SSSR count). The fraction of sp³-hybridized carbons (Fsp3) is 0.556. The fourth-order valence-electron chi connectivity index (χ4n) is 3.22. The monoisotopic (exact) mass is 345 g/mol.